The van der Waals surface area contributed by atoms with Crippen molar-refractivity contribution < 1.29 is 44.6 Å². The van der Waals surface area contributed by atoms with Crippen molar-refractivity contribution in [2.24, 2.45) is 0 Å². The van der Waals surface area contributed by atoms with Crippen LogP contribution in [0.4, 0.5) is 5.69 Å². The number of carboxylic acids is 1. The van der Waals surface area contributed by atoms with Crippen LogP contribution in [0.2, 0.25) is 0 Å². The Balaban J connectivity index is 0.00000144. The van der Waals surface area contributed by atoms with E-state index in [1.165, 1.54) is 24.3 Å². The van der Waals surface area contributed by atoms with E-state index in [1.54, 1.807) is 0 Å². The minimum Gasteiger partial charge on any atom is -0.547 e. The van der Waals surface area contributed by atoms with E-state index in [1.807, 2.05) is 0 Å². The summed E-state index contributed by atoms with van der Waals surface area (Å²) in [6.07, 6.45) is -1.58. The normalized spacial score (nSPS) is 11.5. The van der Waals surface area contributed by atoms with Crippen LogP contribution in [-0.4, -0.2) is 11.1 Å². The summed E-state index contributed by atoms with van der Waals surface area (Å²) >= 11 is 0. The number of hydrogen-bond donors (Lipinski definition) is 2. The Morgan fingerprint density at radius 3 is 2.23 bits per heavy atom. The van der Waals surface area contributed by atoms with E-state index >= 15 is 0 Å². The Kier molecular flexibility index (Phi) is 5.02. The number of anilines is 1. The van der Waals surface area contributed by atoms with Crippen LogP contribution in [0.25, 0.3) is 0 Å². The van der Waals surface area contributed by atoms with Gasteiger partial charge in [0.2, 0.25) is 0 Å². The van der Waals surface area contributed by atoms with Gasteiger partial charge in [0, 0.05) is 5.69 Å². The van der Waals surface area contributed by atoms with Crippen LogP contribution in [0.1, 0.15) is 11.7 Å². The van der Waals surface area contributed by atoms with Gasteiger partial charge in [0.25, 0.3) is 0 Å². The number of aliphatic hydroxyl groups excluding tert-OH is 1. The molecule has 0 amide bonds. The monoisotopic (exact) mass is 189 g/mol. The first kappa shape index (κ1) is 12.4. The summed E-state index contributed by atoms with van der Waals surface area (Å²) in [6.45, 7) is 0. The summed E-state index contributed by atoms with van der Waals surface area (Å²) in [5.41, 5.74) is 6.14. The number of nitrogen functional groups attached to an aromatic ring is 1. The van der Waals surface area contributed by atoms with Crippen LogP contribution in [0, 0.1) is 0 Å². The van der Waals surface area contributed by atoms with Crippen molar-refractivity contribution in [1.29, 1.82) is 0 Å². The molecule has 1 rings (SSSR count). The second kappa shape index (κ2) is 5.24. The first-order chi connectivity index (χ1) is 5.61. The minimum absolute atomic E-state index is 0. The number of carbonyl (C=O) groups excluding carboxylic acids is 1. The third-order valence-corrected chi connectivity index (χ3v) is 1.48. The molecule has 0 bridgehead atoms. The van der Waals surface area contributed by atoms with E-state index in [2.05, 4.69) is 0 Å². The summed E-state index contributed by atoms with van der Waals surface area (Å²) in [5.74, 6) is -1.51. The van der Waals surface area contributed by atoms with Crippen molar-refractivity contribution in [3.63, 3.8) is 0 Å². The SMILES string of the molecule is Nc1ccc([C@H](O)C(=O)[O-])cc1.[Na+]. The van der Waals surface area contributed by atoms with Crippen molar-refractivity contribution in [1.82, 2.24) is 0 Å². The number of carbonyl (C=O) groups is 1. The van der Waals surface area contributed by atoms with E-state index in [4.69, 9.17) is 10.8 Å². The summed E-state index contributed by atoms with van der Waals surface area (Å²) in [7, 11) is 0. The second-order valence-corrected chi connectivity index (χ2v) is 2.39. The van der Waals surface area contributed by atoms with Crippen LogP contribution < -0.4 is 40.4 Å². The first-order valence-corrected chi connectivity index (χ1v) is 3.35. The van der Waals surface area contributed by atoms with Crippen LogP contribution in [0.3, 0.4) is 0 Å². The number of hydrogen-bond acceptors (Lipinski definition) is 4. The molecule has 0 aromatic heterocycles. The molecule has 0 fully saturated rings. The number of rotatable bonds is 2. The molecule has 64 valence electrons. The van der Waals surface area contributed by atoms with Gasteiger partial charge in [0.15, 0.2) is 0 Å². The molecule has 0 heterocycles. The summed E-state index contributed by atoms with van der Waals surface area (Å²) in [4.78, 5) is 10.2. The number of aliphatic carboxylic acids is 1. The van der Waals surface area contributed by atoms with Crippen LogP contribution >= 0.6 is 0 Å². The average Bonchev–Trinajstić information content (AvgIpc) is 2.04. The van der Waals surface area contributed by atoms with E-state index in [9.17, 15) is 9.90 Å². The van der Waals surface area contributed by atoms with Crippen LogP contribution in [-0.2, 0) is 4.79 Å². The fourth-order valence-electron chi connectivity index (χ4n) is 0.814. The molecular weight excluding hydrogens is 181 g/mol. The quantitative estimate of drug-likeness (QED) is 0.367. The number of carboxylic acid groups (broad SMARTS) is 1. The summed E-state index contributed by atoms with van der Waals surface area (Å²) in [6, 6.07) is 5.91. The second-order valence-electron chi connectivity index (χ2n) is 2.39. The molecule has 0 aliphatic heterocycles. The third-order valence-electron chi connectivity index (χ3n) is 1.48. The molecule has 0 unspecified atom stereocenters. The average molecular weight is 189 g/mol. The molecule has 0 saturated carbocycles. The van der Waals surface area contributed by atoms with Gasteiger partial charge in [-0.2, -0.15) is 0 Å². The molecule has 0 aliphatic carbocycles. The largest absolute Gasteiger partial charge is 1.00 e. The van der Waals surface area contributed by atoms with Gasteiger partial charge in [0.1, 0.15) is 6.10 Å². The molecule has 13 heavy (non-hydrogen) atoms. The molecule has 0 spiro atoms. The molecule has 0 aliphatic rings. The molecule has 0 radical (unpaired) electrons. The standard InChI is InChI=1S/C8H9NO3.Na/c9-6-3-1-5(2-4-6)7(10)8(11)12;/h1-4,7,10H,9H2,(H,11,12);/q;+1/p-1/t7-;/m0./s1. The smallest absolute Gasteiger partial charge is 0.547 e. The predicted octanol–water partition coefficient (Wildman–Crippen LogP) is -3.94. The van der Waals surface area contributed by atoms with Crippen molar-refractivity contribution in [2.75, 3.05) is 5.73 Å². The molecule has 1 aromatic carbocycles. The Hall–Kier alpha value is -0.550. The van der Waals surface area contributed by atoms with Crippen molar-refractivity contribution >= 4 is 11.7 Å². The summed E-state index contributed by atoms with van der Waals surface area (Å²) in [5, 5.41) is 19.2. The van der Waals surface area contributed by atoms with Crippen molar-refractivity contribution in [3.05, 3.63) is 29.8 Å². The third kappa shape index (κ3) is 3.36. The number of aliphatic hydroxyl groups is 1. The maximum Gasteiger partial charge on any atom is 1.00 e. The van der Waals surface area contributed by atoms with Gasteiger partial charge in [-0.3, -0.25) is 0 Å². The van der Waals surface area contributed by atoms with Gasteiger partial charge in [-0.15, -0.1) is 0 Å². The zero-order valence-corrected chi connectivity index (χ0v) is 9.23. The van der Waals surface area contributed by atoms with Gasteiger partial charge in [-0.05, 0) is 17.7 Å². The fourth-order valence-corrected chi connectivity index (χ4v) is 0.814. The minimum atomic E-state index is -1.58. The molecule has 5 heteroatoms. The topological polar surface area (TPSA) is 86.4 Å². The van der Waals surface area contributed by atoms with Crippen molar-refractivity contribution in [2.45, 2.75) is 6.10 Å². The zero-order chi connectivity index (χ0) is 9.14. The maximum atomic E-state index is 10.2. The summed E-state index contributed by atoms with van der Waals surface area (Å²) < 4.78 is 0. The molecule has 1 aromatic rings. The Bertz CT molecular complexity index is 286. The molecule has 1 atom stereocenters. The maximum absolute atomic E-state index is 10.2. The van der Waals surface area contributed by atoms with E-state index in [-0.39, 0.29) is 35.1 Å². The van der Waals surface area contributed by atoms with Crippen LogP contribution in [0.5, 0.6) is 0 Å². The number of benzene rings is 1. The Morgan fingerprint density at radius 1 is 1.38 bits per heavy atom. The van der Waals surface area contributed by atoms with Gasteiger partial charge in [-0.1, -0.05) is 12.1 Å². The van der Waals surface area contributed by atoms with Gasteiger partial charge in [-0.25, -0.2) is 0 Å². The van der Waals surface area contributed by atoms with E-state index < -0.39 is 12.1 Å². The van der Waals surface area contributed by atoms with E-state index in [0.29, 0.717) is 5.69 Å². The van der Waals surface area contributed by atoms with Gasteiger partial charge in [0.05, 0.1) is 5.97 Å². The predicted molar refractivity (Wildman–Crippen MR) is 40.8 cm³/mol. The van der Waals surface area contributed by atoms with Gasteiger partial charge < -0.3 is 20.7 Å². The Labute approximate surface area is 97.7 Å². The Morgan fingerprint density at radius 2 is 1.85 bits per heavy atom. The van der Waals surface area contributed by atoms with Crippen LogP contribution in [0.15, 0.2) is 24.3 Å². The molecular formula is C8H8NNaO3. The van der Waals surface area contributed by atoms with E-state index in [0.717, 1.165) is 0 Å². The molecule has 0 saturated heterocycles. The number of nitrogens with two attached hydrogens (primary N) is 1. The van der Waals surface area contributed by atoms with Gasteiger partial charge >= 0.3 is 29.6 Å². The first-order valence-electron chi connectivity index (χ1n) is 3.35. The molecule has 4 nitrogen and oxygen atoms in total. The fraction of sp³-hybridized carbons (Fsp3) is 0.125. The van der Waals surface area contributed by atoms with Crippen molar-refractivity contribution in [3.8, 4) is 0 Å². The molecule has 3 N–H and O–H groups in total. The zero-order valence-electron chi connectivity index (χ0n) is 7.23.